The summed E-state index contributed by atoms with van der Waals surface area (Å²) in [5.41, 5.74) is 4.25. The van der Waals surface area contributed by atoms with Gasteiger partial charge in [0.1, 0.15) is 5.69 Å². The number of rotatable bonds is 1. The lowest BCUT2D eigenvalue weighted by Crippen LogP contribution is -2.11. The summed E-state index contributed by atoms with van der Waals surface area (Å²) in [4.78, 5) is 11.8. The summed E-state index contributed by atoms with van der Waals surface area (Å²) in [6.07, 6.45) is 2.89. The smallest absolute Gasteiger partial charge is 0.352 e. The molecular formula is C18H17N3O3. The van der Waals surface area contributed by atoms with Crippen LogP contribution < -0.4 is 0 Å². The number of ether oxygens (including phenoxy) is 1. The molecule has 6 heteroatoms. The topological polar surface area (TPSA) is 80.1 Å². The first-order valence-electron chi connectivity index (χ1n) is 8.18. The number of nitrogens with one attached hydrogen (secondary N) is 1. The Bertz CT molecular complexity index is 956. The van der Waals surface area contributed by atoms with Gasteiger partial charge in [-0.15, -0.1) is 0 Å². The first-order chi connectivity index (χ1) is 11.7. The Hall–Kier alpha value is -2.60. The van der Waals surface area contributed by atoms with E-state index in [1.54, 1.807) is 12.3 Å². The van der Waals surface area contributed by atoms with E-state index in [2.05, 4.69) is 10.2 Å². The number of carboxylic acids is 1. The minimum absolute atomic E-state index is 0.355. The quantitative estimate of drug-likeness (QED) is 0.721. The molecule has 1 aliphatic heterocycles. The van der Waals surface area contributed by atoms with Crippen LogP contribution in [0.2, 0.25) is 0 Å². The summed E-state index contributed by atoms with van der Waals surface area (Å²) in [6, 6.07) is 7.74. The number of hydrogen-bond acceptors (Lipinski definition) is 3. The molecule has 2 aromatic heterocycles. The van der Waals surface area contributed by atoms with Crippen LogP contribution in [0.15, 0.2) is 30.5 Å². The van der Waals surface area contributed by atoms with Gasteiger partial charge in [0.25, 0.3) is 0 Å². The van der Waals surface area contributed by atoms with Gasteiger partial charge in [0.15, 0.2) is 0 Å². The molecule has 3 heterocycles. The molecule has 1 saturated carbocycles. The Kier molecular flexibility index (Phi) is 2.84. The molecule has 1 aromatic carbocycles. The molecule has 6 nitrogen and oxygen atoms in total. The molecule has 1 fully saturated rings. The fraction of sp³-hybridized carbons (Fsp3) is 0.333. The maximum absolute atomic E-state index is 11.8. The molecule has 5 rings (SSSR count). The largest absolute Gasteiger partial charge is 0.477 e. The number of benzene rings is 1. The summed E-state index contributed by atoms with van der Waals surface area (Å²) in [7, 11) is 0. The highest BCUT2D eigenvalue weighted by molar-refractivity contribution is 6.01. The normalized spacial score (nSPS) is 22.5. The van der Waals surface area contributed by atoms with Gasteiger partial charge in [0.05, 0.1) is 30.6 Å². The van der Waals surface area contributed by atoms with Gasteiger partial charge in [0.2, 0.25) is 0 Å². The zero-order chi connectivity index (χ0) is 16.3. The number of hydrogen-bond donors (Lipinski definition) is 2. The molecule has 0 radical (unpaired) electrons. The van der Waals surface area contributed by atoms with E-state index in [4.69, 9.17) is 4.74 Å². The summed E-state index contributed by atoms with van der Waals surface area (Å²) in [5.74, 6) is 0.120. The van der Waals surface area contributed by atoms with Gasteiger partial charge in [-0.05, 0) is 24.3 Å². The van der Waals surface area contributed by atoms with E-state index in [0.717, 1.165) is 40.7 Å². The third-order valence-electron chi connectivity index (χ3n) is 5.21. The van der Waals surface area contributed by atoms with Crippen LogP contribution in [-0.4, -0.2) is 32.4 Å². The lowest BCUT2D eigenvalue weighted by molar-refractivity contribution is 0.0685. The van der Waals surface area contributed by atoms with E-state index in [9.17, 15) is 9.90 Å². The third kappa shape index (κ3) is 1.99. The summed E-state index contributed by atoms with van der Waals surface area (Å²) in [5, 5.41) is 17.8. The fourth-order valence-electron chi connectivity index (χ4n) is 3.85. The Morgan fingerprint density at radius 3 is 3.12 bits per heavy atom. The van der Waals surface area contributed by atoms with Gasteiger partial charge in [-0.25, -0.2) is 4.79 Å². The van der Waals surface area contributed by atoms with Crippen molar-refractivity contribution in [2.75, 3.05) is 6.61 Å². The number of aromatic nitrogens is 3. The van der Waals surface area contributed by atoms with Crippen LogP contribution in [0.1, 0.15) is 22.6 Å². The summed E-state index contributed by atoms with van der Waals surface area (Å²) >= 11 is 0. The molecule has 0 spiro atoms. The van der Waals surface area contributed by atoms with Gasteiger partial charge in [-0.1, -0.05) is 18.2 Å². The lowest BCUT2D eigenvalue weighted by atomic mass is 10.0. The molecule has 2 N–H and O–H groups in total. The molecule has 3 aromatic rings. The zero-order valence-electron chi connectivity index (χ0n) is 13.0. The summed E-state index contributed by atoms with van der Waals surface area (Å²) < 4.78 is 7.83. The van der Waals surface area contributed by atoms with Crippen LogP contribution in [0.4, 0.5) is 0 Å². The molecule has 2 atom stereocenters. The number of aromatic amines is 1. The SMILES string of the molecule is O=C(O)c1cc2cccc3c2n1CC1CC1COCc1[nH]ncc1-3. The predicted octanol–water partition coefficient (Wildman–Crippen LogP) is 2.90. The number of H-pyrrole nitrogens is 1. The Morgan fingerprint density at radius 1 is 1.33 bits per heavy atom. The highest BCUT2D eigenvalue weighted by atomic mass is 16.5. The third-order valence-corrected chi connectivity index (χ3v) is 5.21. The Labute approximate surface area is 138 Å². The molecule has 2 aliphatic rings. The standard InChI is InChI=1S/C18H17N3O3/c22-18(23)16-5-10-2-1-3-13-14-6-19-20-15(14)9-24-8-12-4-11(12)7-21(16)17(10)13/h1-3,5-6,11-12H,4,7-9H2,(H,19,20)(H,22,23). The molecule has 2 unspecified atom stereocenters. The van der Waals surface area contributed by atoms with Crippen molar-refractivity contribution in [3.63, 3.8) is 0 Å². The van der Waals surface area contributed by atoms with E-state index < -0.39 is 5.97 Å². The summed E-state index contributed by atoms with van der Waals surface area (Å²) in [6.45, 7) is 1.94. The number of carboxylic acid groups (broad SMARTS) is 1. The van der Waals surface area contributed by atoms with E-state index in [-0.39, 0.29) is 0 Å². The molecule has 1 aliphatic carbocycles. The van der Waals surface area contributed by atoms with Crippen molar-refractivity contribution >= 4 is 16.9 Å². The van der Waals surface area contributed by atoms with Crippen molar-refractivity contribution in [3.05, 3.63) is 41.9 Å². The van der Waals surface area contributed by atoms with Gasteiger partial charge >= 0.3 is 5.97 Å². The maximum atomic E-state index is 11.8. The minimum atomic E-state index is -0.882. The van der Waals surface area contributed by atoms with Crippen LogP contribution in [0.25, 0.3) is 22.0 Å². The monoisotopic (exact) mass is 323 g/mol. The van der Waals surface area contributed by atoms with Gasteiger partial charge in [-0.3, -0.25) is 5.10 Å². The van der Waals surface area contributed by atoms with Crippen molar-refractivity contribution in [1.29, 1.82) is 0 Å². The fourth-order valence-corrected chi connectivity index (χ4v) is 3.85. The van der Waals surface area contributed by atoms with Crippen LogP contribution in [-0.2, 0) is 17.9 Å². The van der Waals surface area contributed by atoms with E-state index in [1.165, 1.54) is 0 Å². The average molecular weight is 323 g/mol. The van der Waals surface area contributed by atoms with Crippen molar-refractivity contribution in [1.82, 2.24) is 14.8 Å². The number of para-hydroxylation sites is 1. The first kappa shape index (κ1) is 13.8. The highest BCUT2D eigenvalue weighted by Crippen LogP contribution is 2.43. The van der Waals surface area contributed by atoms with Crippen molar-refractivity contribution in [2.24, 2.45) is 11.8 Å². The number of fused-ring (bicyclic) bond motifs is 3. The Balaban J connectivity index is 1.81. The first-order valence-corrected chi connectivity index (χ1v) is 8.18. The molecule has 24 heavy (non-hydrogen) atoms. The highest BCUT2D eigenvalue weighted by Gasteiger charge is 2.38. The second kappa shape index (κ2) is 4.95. The molecule has 122 valence electrons. The lowest BCUT2D eigenvalue weighted by Gasteiger charge is -2.11. The number of carbonyl (C=O) groups is 1. The predicted molar refractivity (Wildman–Crippen MR) is 87.7 cm³/mol. The molecule has 0 bridgehead atoms. The molecule has 0 saturated heterocycles. The van der Waals surface area contributed by atoms with Crippen LogP contribution in [0, 0.1) is 11.8 Å². The average Bonchev–Trinajstić information content (AvgIpc) is 2.97. The van der Waals surface area contributed by atoms with Crippen LogP contribution >= 0.6 is 0 Å². The van der Waals surface area contributed by atoms with E-state index in [1.807, 2.05) is 22.8 Å². The minimum Gasteiger partial charge on any atom is -0.477 e. The molecule has 0 amide bonds. The van der Waals surface area contributed by atoms with E-state index >= 15 is 0 Å². The Morgan fingerprint density at radius 2 is 2.25 bits per heavy atom. The van der Waals surface area contributed by atoms with Crippen molar-refractivity contribution in [3.8, 4) is 11.1 Å². The number of aromatic carboxylic acids is 1. The second-order valence-electron chi connectivity index (χ2n) is 6.72. The van der Waals surface area contributed by atoms with Crippen molar-refractivity contribution in [2.45, 2.75) is 19.6 Å². The van der Waals surface area contributed by atoms with Gasteiger partial charge < -0.3 is 14.4 Å². The maximum Gasteiger partial charge on any atom is 0.352 e. The molecular weight excluding hydrogens is 306 g/mol. The van der Waals surface area contributed by atoms with Crippen LogP contribution in [0.3, 0.4) is 0 Å². The van der Waals surface area contributed by atoms with Gasteiger partial charge in [0, 0.05) is 23.1 Å². The number of nitrogens with zero attached hydrogens (tertiary/aromatic N) is 2. The van der Waals surface area contributed by atoms with E-state index in [0.29, 0.717) is 30.7 Å². The second-order valence-corrected chi connectivity index (χ2v) is 6.72. The van der Waals surface area contributed by atoms with Crippen molar-refractivity contribution < 1.29 is 14.6 Å². The van der Waals surface area contributed by atoms with Crippen LogP contribution in [0.5, 0.6) is 0 Å². The van der Waals surface area contributed by atoms with Gasteiger partial charge in [-0.2, -0.15) is 5.10 Å². The zero-order valence-corrected chi connectivity index (χ0v) is 13.0.